The van der Waals surface area contributed by atoms with Gasteiger partial charge in [-0.05, 0) is 77.9 Å². The Kier molecular flexibility index (Phi) is 7.73. The zero-order chi connectivity index (χ0) is 46.3. The van der Waals surface area contributed by atoms with E-state index in [9.17, 15) is 0 Å². The van der Waals surface area contributed by atoms with Gasteiger partial charge in [0.05, 0.1) is 0 Å². The summed E-state index contributed by atoms with van der Waals surface area (Å²) in [6.07, 6.45) is 0. The Morgan fingerprint density at radius 1 is 0.225 bits per heavy atom. The average molecular weight is 912 g/mol. The van der Waals surface area contributed by atoms with Crippen molar-refractivity contribution in [2.45, 2.75) is 0 Å². The highest BCUT2D eigenvalue weighted by Crippen LogP contribution is 2.44. The Balaban J connectivity index is 0.921. The summed E-state index contributed by atoms with van der Waals surface area (Å²) in [6, 6.07) is 68.0. The second kappa shape index (κ2) is 14.4. The first-order chi connectivity index (χ1) is 35.1. The van der Waals surface area contributed by atoms with E-state index in [-0.39, 0.29) is 0 Å². The van der Waals surface area contributed by atoms with E-state index < -0.39 is 0 Å². The van der Waals surface area contributed by atoms with Gasteiger partial charge in [-0.25, -0.2) is 15.0 Å². The van der Waals surface area contributed by atoms with Gasteiger partial charge >= 0.3 is 0 Å². The van der Waals surface area contributed by atoms with E-state index >= 15 is 0 Å². The Labute approximate surface area is 401 Å². The van der Waals surface area contributed by atoms with Crippen molar-refractivity contribution < 1.29 is 22.1 Å². The molecule has 16 rings (SSSR count). The number of aromatic nitrogens is 3. The maximum Gasteiger partial charge on any atom is 0.164 e. The van der Waals surface area contributed by atoms with Crippen LogP contribution < -0.4 is 0 Å². The van der Waals surface area contributed by atoms with Gasteiger partial charge in [0.1, 0.15) is 55.8 Å². The van der Waals surface area contributed by atoms with Gasteiger partial charge in [-0.15, -0.1) is 0 Å². The van der Waals surface area contributed by atoms with E-state index in [1.807, 2.05) is 97.1 Å². The maximum absolute atomic E-state index is 6.61. The molecule has 0 spiro atoms. The van der Waals surface area contributed by atoms with Gasteiger partial charge in [0.15, 0.2) is 17.5 Å². The number of fused-ring (bicyclic) bond motifs is 15. The Bertz CT molecular complexity index is 4660. The predicted octanol–water partition coefficient (Wildman–Crippen LogP) is 17.7. The fourth-order valence-corrected chi connectivity index (χ4v) is 10.9. The molecular formula is C63H33N3O5. The number of hydrogen-bond donors (Lipinski definition) is 0. The first-order valence-corrected chi connectivity index (χ1v) is 23.6. The number of rotatable bonds is 5. The van der Waals surface area contributed by atoms with Crippen LogP contribution in [0.3, 0.4) is 0 Å². The van der Waals surface area contributed by atoms with Crippen molar-refractivity contribution in [1.29, 1.82) is 0 Å². The van der Waals surface area contributed by atoms with Crippen LogP contribution in [-0.2, 0) is 0 Å². The highest BCUT2D eigenvalue weighted by molar-refractivity contribution is 6.17. The minimum absolute atomic E-state index is 0.495. The normalized spacial score (nSPS) is 12.2. The van der Waals surface area contributed by atoms with Crippen LogP contribution in [0.1, 0.15) is 0 Å². The van der Waals surface area contributed by atoms with E-state index in [1.54, 1.807) is 0 Å². The van der Waals surface area contributed by atoms with Crippen LogP contribution in [0, 0.1) is 0 Å². The zero-order valence-electron chi connectivity index (χ0n) is 37.4. The van der Waals surface area contributed by atoms with Crippen molar-refractivity contribution in [3.63, 3.8) is 0 Å². The van der Waals surface area contributed by atoms with E-state index in [2.05, 4.69) is 103 Å². The summed E-state index contributed by atoms with van der Waals surface area (Å²) < 4.78 is 32.6. The van der Waals surface area contributed by atoms with Crippen molar-refractivity contribution >= 4 is 110 Å². The van der Waals surface area contributed by atoms with E-state index in [0.717, 1.165) is 149 Å². The number of para-hydroxylation sites is 5. The lowest BCUT2D eigenvalue weighted by Gasteiger charge is -2.10. The van der Waals surface area contributed by atoms with Gasteiger partial charge < -0.3 is 22.1 Å². The molecule has 0 atom stereocenters. The number of benzene rings is 10. The van der Waals surface area contributed by atoms with Crippen molar-refractivity contribution in [1.82, 2.24) is 15.0 Å². The van der Waals surface area contributed by atoms with Crippen LogP contribution in [0.2, 0.25) is 0 Å². The highest BCUT2D eigenvalue weighted by atomic mass is 16.3. The second-order valence-electron chi connectivity index (χ2n) is 18.2. The highest BCUT2D eigenvalue weighted by Gasteiger charge is 2.23. The quantitative estimate of drug-likeness (QED) is 0.168. The summed E-state index contributed by atoms with van der Waals surface area (Å²) in [5, 5.41) is 10.0. The summed E-state index contributed by atoms with van der Waals surface area (Å²) in [7, 11) is 0. The molecule has 330 valence electrons. The Hall–Kier alpha value is -9.79. The molecule has 10 aromatic carbocycles. The molecule has 0 bridgehead atoms. The van der Waals surface area contributed by atoms with Gasteiger partial charge in [-0.2, -0.15) is 0 Å². The third-order valence-electron chi connectivity index (χ3n) is 14.2. The maximum atomic E-state index is 6.61. The molecule has 16 aromatic rings. The van der Waals surface area contributed by atoms with Gasteiger partial charge in [0.2, 0.25) is 0 Å². The van der Waals surface area contributed by atoms with Crippen molar-refractivity contribution in [3.8, 4) is 56.4 Å². The fourth-order valence-electron chi connectivity index (χ4n) is 10.9. The smallest absolute Gasteiger partial charge is 0.164 e. The first kappa shape index (κ1) is 38.2. The number of nitrogens with zero attached hydrogens (tertiary/aromatic N) is 3. The minimum atomic E-state index is 0.495. The van der Waals surface area contributed by atoms with Gasteiger partial charge in [-0.3, -0.25) is 0 Å². The van der Waals surface area contributed by atoms with Crippen LogP contribution in [0.5, 0.6) is 0 Å². The standard InChI is InChI=1S/C63H33N3O5/c1-4-20-49-39(11-1)42-28-25-36(33-56(42)69-49)61-64-62(45-18-9-23-54-57(45)47-31-34(26-29-52(47)67-54)37-14-7-16-43-40-12-2-5-21-50(40)70-59(37)43)66-63(65-61)46-19-10-24-55-58(46)48-32-35(27-30-53(48)68-55)38-15-8-17-44-41-13-3-6-22-51(41)71-60(38)44/h1-33H. The predicted molar refractivity (Wildman–Crippen MR) is 283 cm³/mol. The van der Waals surface area contributed by atoms with Gasteiger partial charge in [-0.1, -0.05) is 133 Å². The lowest BCUT2D eigenvalue weighted by molar-refractivity contribution is 0.668. The summed E-state index contributed by atoms with van der Waals surface area (Å²) in [5.74, 6) is 1.49. The monoisotopic (exact) mass is 911 g/mol. The SMILES string of the molecule is c1ccc2c(c1)oc1cc(-c3nc(-c4cccc5oc6ccc(-c7cccc8c7oc7ccccc78)cc6c45)nc(-c4cccc5oc6ccc(-c7cccc8c7oc7ccccc78)cc6c45)n3)ccc12. The molecule has 0 N–H and O–H groups in total. The molecule has 8 nitrogen and oxygen atoms in total. The van der Waals surface area contributed by atoms with Gasteiger partial charge in [0, 0.05) is 81.7 Å². The molecule has 0 saturated heterocycles. The third kappa shape index (κ3) is 5.64. The van der Waals surface area contributed by atoms with Crippen molar-refractivity contribution in [3.05, 3.63) is 200 Å². The average Bonchev–Trinajstić information content (AvgIpc) is 4.26. The van der Waals surface area contributed by atoms with Crippen molar-refractivity contribution in [2.75, 3.05) is 0 Å². The number of furan rings is 5. The topological polar surface area (TPSA) is 104 Å². The summed E-state index contributed by atoms with van der Waals surface area (Å²) in [5.41, 5.74) is 14.3. The molecule has 71 heavy (non-hydrogen) atoms. The van der Waals surface area contributed by atoms with Crippen LogP contribution >= 0.6 is 0 Å². The fraction of sp³-hybridized carbons (Fsp3) is 0. The van der Waals surface area contributed by atoms with Crippen LogP contribution in [0.4, 0.5) is 0 Å². The molecule has 0 aliphatic carbocycles. The third-order valence-corrected chi connectivity index (χ3v) is 14.2. The zero-order valence-corrected chi connectivity index (χ0v) is 37.4. The Morgan fingerprint density at radius 2 is 0.606 bits per heavy atom. The summed E-state index contributed by atoms with van der Waals surface area (Å²) in [4.78, 5) is 16.0. The van der Waals surface area contributed by atoms with E-state index in [4.69, 9.17) is 37.0 Å². The second-order valence-corrected chi connectivity index (χ2v) is 18.2. The molecule has 0 unspecified atom stereocenters. The van der Waals surface area contributed by atoms with Crippen LogP contribution in [0.15, 0.2) is 222 Å². The number of hydrogen-bond acceptors (Lipinski definition) is 8. The Morgan fingerprint density at radius 3 is 1.15 bits per heavy atom. The molecule has 6 aromatic heterocycles. The molecular weight excluding hydrogens is 879 g/mol. The van der Waals surface area contributed by atoms with Crippen LogP contribution in [-0.4, -0.2) is 15.0 Å². The lowest BCUT2D eigenvalue weighted by Crippen LogP contribution is -2.00. The largest absolute Gasteiger partial charge is 0.456 e. The van der Waals surface area contributed by atoms with Crippen molar-refractivity contribution in [2.24, 2.45) is 0 Å². The van der Waals surface area contributed by atoms with Gasteiger partial charge in [0.25, 0.3) is 0 Å². The molecule has 0 aliphatic rings. The molecule has 0 radical (unpaired) electrons. The lowest BCUT2D eigenvalue weighted by atomic mass is 9.98. The molecule has 0 fully saturated rings. The molecule has 6 heterocycles. The molecule has 8 heteroatoms. The molecule has 0 amide bonds. The summed E-state index contributed by atoms with van der Waals surface area (Å²) >= 11 is 0. The molecule has 0 aliphatic heterocycles. The first-order valence-electron chi connectivity index (χ1n) is 23.6. The van der Waals surface area contributed by atoms with Crippen LogP contribution in [0.25, 0.3) is 166 Å². The van der Waals surface area contributed by atoms with E-state index in [1.165, 1.54) is 0 Å². The summed E-state index contributed by atoms with van der Waals surface area (Å²) in [6.45, 7) is 0. The van der Waals surface area contributed by atoms with E-state index in [0.29, 0.717) is 17.5 Å². The minimum Gasteiger partial charge on any atom is -0.456 e. The molecule has 0 saturated carbocycles.